The van der Waals surface area contributed by atoms with E-state index < -0.39 is 0 Å². The van der Waals surface area contributed by atoms with Crippen molar-refractivity contribution >= 4 is 0 Å². The van der Waals surface area contributed by atoms with Gasteiger partial charge in [0, 0.05) is 6.61 Å². The zero-order valence-electron chi connectivity index (χ0n) is 7.95. The minimum atomic E-state index is -0.228. The van der Waals surface area contributed by atoms with Gasteiger partial charge in [-0.2, -0.15) is 0 Å². The van der Waals surface area contributed by atoms with Crippen molar-refractivity contribution in [3.63, 3.8) is 0 Å². The molecular weight excluding hydrogens is 181 g/mol. The second-order valence-corrected chi connectivity index (χ2v) is 3.63. The maximum absolute atomic E-state index is 12.7. The summed E-state index contributed by atoms with van der Waals surface area (Å²) in [6.07, 6.45) is 2.17. The molecule has 2 nitrogen and oxygen atoms in total. The molecule has 1 aromatic carbocycles. The van der Waals surface area contributed by atoms with Gasteiger partial charge in [-0.15, -0.1) is 0 Å². The van der Waals surface area contributed by atoms with E-state index in [1.54, 1.807) is 12.1 Å². The summed E-state index contributed by atoms with van der Waals surface area (Å²) in [4.78, 5) is 0. The van der Waals surface area contributed by atoms with Gasteiger partial charge in [0.05, 0.1) is 12.1 Å². The minimum absolute atomic E-state index is 0.0976. The first kappa shape index (κ1) is 9.62. The SMILES string of the molecule is N[C@@H](c1ccc(F)cc1)C1CCCO1. The van der Waals surface area contributed by atoms with Gasteiger partial charge in [0.1, 0.15) is 5.82 Å². The molecular formula is C11H14FNO. The van der Waals surface area contributed by atoms with Crippen LogP contribution in [-0.2, 0) is 4.74 Å². The standard InChI is InChI=1S/C11H14FNO/c12-9-5-3-8(4-6-9)11(13)10-2-1-7-14-10/h3-6,10-11H,1-2,7,13H2/t10?,11-/m0/s1. The van der Waals surface area contributed by atoms with Crippen LogP contribution < -0.4 is 5.73 Å². The van der Waals surface area contributed by atoms with E-state index in [4.69, 9.17) is 10.5 Å². The van der Waals surface area contributed by atoms with Gasteiger partial charge in [0.2, 0.25) is 0 Å². The fourth-order valence-corrected chi connectivity index (χ4v) is 1.79. The molecule has 0 amide bonds. The van der Waals surface area contributed by atoms with Gasteiger partial charge in [-0.1, -0.05) is 12.1 Å². The average Bonchev–Trinajstić information content (AvgIpc) is 2.71. The molecule has 1 aliphatic heterocycles. The molecule has 2 N–H and O–H groups in total. The van der Waals surface area contributed by atoms with Crippen molar-refractivity contribution in [1.82, 2.24) is 0 Å². The molecule has 1 heterocycles. The van der Waals surface area contributed by atoms with Crippen LogP contribution in [-0.4, -0.2) is 12.7 Å². The third-order valence-electron chi connectivity index (χ3n) is 2.62. The highest BCUT2D eigenvalue weighted by Gasteiger charge is 2.23. The van der Waals surface area contributed by atoms with Crippen LogP contribution in [0.15, 0.2) is 24.3 Å². The van der Waals surface area contributed by atoms with Crippen LogP contribution in [0.25, 0.3) is 0 Å². The van der Waals surface area contributed by atoms with E-state index in [-0.39, 0.29) is 18.0 Å². The Balaban J connectivity index is 2.09. The smallest absolute Gasteiger partial charge is 0.123 e. The normalized spacial score (nSPS) is 23.7. The van der Waals surface area contributed by atoms with E-state index in [2.05, 4.69) is 0 Å². The molecule has 0 bridgehead atoms. The molecule has 0 spiro atoms. The highest BCUT2D eigenvalue weighted by Crippen LogP contribution is 2.24. The number of hydrogen-bond donors (Lipinski definition) is 1. The average molecular weight is 195 g/mol. The zero-order chi connectivity index (χ0) is 9.97. The number of hydrogen-bond acceptors (Lipinski definition) is 2. The van der Waals surface area contributed by atoms with E-state index in [1.807, 2.05) is 0 Å². The third-order valence-corrected chi connectivity index (χ3v) is 2.62. The van der Waals surface area contributed by atoms with Crippen molar-refractivity contribution in [3.8, 4) is 0 Å². The predicted octanol–water partition coefficient (Wildman–Crippen LogP) is 2.00. The highest BCUT2D eigenvalue weighted by molar-refractivity contribution is 5.20. The predicted molar refractivity (Wildman–Crippen MR) is 52.3 cm³/mol. The lowest BCUT2D eigenvalue weighted by atomic mass is 10.0. The molecule has 1 fully saturated rings. The molecule has 14 heavy (non-hydrogen) atoms. The van der Waals surface area contributed by atoms with Crippen LogP contribution in [0.1, 0.15) is 24.4 Å². The van der Waals surface area contributed by atoms with Crippen molar-refractivity contribution in [2.24, 2.45) is 5.73 Å². The largest absolute Gasteiger partial charge is 0.376 e. The molecule has 0 aliphatic carbocycles. The first-order valence-electron chi connectivity index (χ1n) is 4.90. The molecule has 1 unspecified atom stereocenters. The second-order valence-electron chi connectivity index (χ2n) is 3.63. The van der Waals surface area contributed by atoms with E-state index in [0.717, 1.165) is 25.0 Å². The van der Waals surface area contributed by atoms with Crippen LogP contribution in [0.2, 0.25) is 0 Å². The van der Waals surface area contributed by atoms with Crippen LogP contribution in [0.4, 0.5) is 4.39 Å². The summed E-state index contributed by atoms with van der Waals surface area (Å²) in [5.41, 5.74) is 6.95. The third kappa shape index (κ3) is 1.94. The molecule has 0 aromatic heterocycles. The molecule has 2 rings (SSSR count). The number of ether oxygens (including phenoxy) is 1. The lowest BCUT2D eigenvalue weighted by molar-refractivity contribution is 0.0900. The van der Waals surface area contributed by atoms with Gasteiger partial charge in [0.15, 0.2) is 0 Å². The molecule has 2 atom stereocenters. The molecule has 76 valence electrons. The van der Waals surface area contributed by atoms with Crippen molar-refractivity contribution < 1.29 is 9.13 Å². The van der Waals surface area contributed by atoms with E-state index in [9.17, 15) is 4.39 Å². The zero-order valence-corrected chi connectivity index (χ0v) is 7.95. The van der Waals surface area contributed by atoms with Crippen LogP contribution in [0.3, 0.4) is 0 Å². The van der Waals surface area contributed by atoms with Crippen molar-refractivity contribution in [1.29, 1.82) is 0 Å². The maximum Gasteiger partial charge on any atom is 0.123 e. The number of benzene rings is 1. The van der Waals surface area contributed by atoms with E-state index in [0.29, 0.717) is 0 Å². The van der Waals surface area contributed by atoms with Gasteiger partial charge < -0.3 is 10.5 Å². The highest BCUT2D eigenvalue weighted by atomic mass is 19.1. The van der Waals surface area contributed by atoms with Crippen molar-refractivity contribution in [3.05, 3.63) is 35.6 Å². The summed E-state index contributed by atoms with van der Waals surface area (Å²) in [7, 11) is 0. The summed E-state index contributed by atoms with van der Waals surface area (Å²) < 4.78 is 18.1. The Morgan fingerprint density at radius 1 is 1.36 bits per heavy atom. The number of halogens is 1. The van der Waals surface area contributed by atoms with Crippen molar-refractivity contribution in [2.75, 3.05) is 6.61 Å². The number of rotatable bonds is 2. The fourth-order valence-electron chi connectivity index (χ4n) is 1.79. The maximum atomic E-state index is 12.7. The van der Waals surface area contributed by atoms with Crippen LogP contribution in [0, 0.1) is 5.82 Å². The summed E-state index contributed by atoms with van der Waals surface area (Å²) in [5.74, 6) is -0.228. The molecule has 1 saturated heterocycles. The lowest BCUT2D eigenvalue weighted by Crippen LogP contribution is -2.25. The Kier molecular flexibility index (Phi) is 2.79. The molecule has 1 aromatic rings. The quantitative estimate of drug-likeness (QED) is 0.783. The summed E-state index contributed by atoms with van der Waals surface area (Å²) in [5, 5.41) is 0. The Morgan fingerprint density at radius 3 is 2.64 bits per heavy atom. The number of nitrogens with two attached hydrogens (primary N) is 1. The molecule has 1 aliphatic rings. The summed E-state index contributed by atoms with van der Waals surface area (Å²) in [6.45, 7) is 0.791. The lowest BCUT2D eigenvalue weighted by Gasteiger charge is -2.18. The monoisotopic (exact) mass is 195 g/mol. The topological polar surface area (TPSA) is 35.2 Å². The van der Waals surface area contributed by atoms with Gasteiger partial charge in [-0.3, -0.25) is 0 Å². The van der Waals surface area contributed by atoms with Crippen molar-refractivity contribution in [2.45, 2.75) is 25.0 Å². The Bertz CT molecular complexity index is 293. The van der Waals surface area contributed by atoms with Crippen LogP contribution in [0.5, 0.6) is 0 Å². The molecule has 0 radical (unpaired) electrons. The molecule has 0 saturated carbocycles. The first-order chi connectivity index (χ1) is 6.77. The molecule has 3 heteroatoms. The Morgan fingerprint density at radius 2 is 2.07 bits per heavy atom. The van der Waals surface area contributed by atoms with E-state index in [1.165, 1.54) is 12.1 Å². The van der Waals surface area contributed by atoms with Gasteiger partial charge in [-0.05, 0) is 30.5 Å². The van der Waals surface area contributed by atoms with Gasteiger partial charge in [-0.25, -0.2) is 4.39 Å². The first-order valence-corrected chi connectivity index (χ1v) is 4.90. The Labute approximate surface area is 82.9 Å². The van der Waals surface area contributed by atoms with Crippen LogP contribution >= 0.6 is 0 Å². The second kappa shape index (κ2) is 4.07. The van der Waals surface area contributed by atoms with Gasteiger partial charge in [0.25, 0.3) is 0 Å². The summed E-state index contributed by atoms with van der Waals surface area (Å²) in [6, 6.07) is 6.19. The Hall–Kier alpha value is -0.930. The van der Waals surface area contributed by atoms with Gasteiger partial charge >= 0.3 is 0 Å². The van der Waals surface area contributed by atoms with E-state index >= 15 is 0 Å². The minimum Gasteiger partial charge on any atom is -0.376 e. The fraction of sp³-hybridized carbons (Fsp3) is 0.455. The summed E-state index contributed by atoms with van der Waals surface area (Å²) >= 11 is 0.